The van der Waals surface area contributed by atoms with Crippen LogP contribution in [0.2, 0.25) is 0 Å². The van der Waals surface area contributed by atoms with Crippen LogP contribution in [0, 0.1) is 0 Å². The zero-order valence-corrected chi connectivity index (χ0v) is 13.8. The molecular formula is C19H18N2OS. The lowest BCUT2D eigenvalue weighted by Crippen LogP contribution is -2.34. The SMILES string of the molecule is C=C(C)[C@H]1CSC(N(C(=O)c2ccccc2)c2ccccc2)=N1. The first-order valence-electron chi connectivity index (χ1n) is 7.47. The molecule has 0 N–H and O–H groups in total. The van der Waals surface area contributed by atoms with Crippen molar-refractivity contribution in [2.75, 3.05) is 10.7 Å². The molecule has 1 aliphatic heterocycles. The minimum Gasteiger partial charge on any atom is -0.268 e. The van der Waals surface area contributed by atoms with E-state index in [1.807, 2.05) is 67.6 Å². The van der Waals surface area contributed by atoms with Crippen LogP contribution >= 0.6 is 11.8 Å². The maximum absolute atomic E-state index is 13.0. The highest BCUT2D eigenvalue weighted by Crippen LogP contribution is 2.29. The number of thioether (sulfide) groups is 1. The van der Waals surface area contributed by atoms with E-state index in [1.165, 1.54) is 0 Å². The van der Waals surface area contributed by atoms with E-state index in [0.29, 0.717) is 5.56 Å². The van der Waals surface area contributed by atoms with Gasteiger partial charge in [-0.15, -0.1) is 0 Å². The normalized spacial score (nSPS) is 16.7. The Morgan fingerprint density at radius 1 is 1.13 bits per heavy atom. The molecular weight excluding hydrogens is 304 g/mol. The minimum absolute atomic E-state index is 0.0644. The summed E-state index contributed by atoms with van der Waals surface area (Å²) < 4.78 is 0. The van der Waals surface area contributed by atoms with E-state index in [2.05, 4.69) is 6.58 Å². The Morgan fingerprint density at radius 3 is 2.30 bits per heavy atom. The molecule has 0 fully saturated rings. The molecule has 3 rings (SSSR count). The number of para-hydroxylation sites is 1. The fourth-order valence-electron chi connectivity index (χ4n) is 2.34. The predicted molar refractivity (Wildman–Crippen MR) is 98.2 cm³/mol. The predicted octanol–water partition coefficient (Wildman–Crippen LogP) is 4.38. The van der Waals surface area contributed by atoms with Crippen LogP contribution in [-0.2, 0) is 0 Å². The second-order valence-electron chi connectivity index (χ2n) is 5.43. The highest BCUT2D eigenvalue weighted by molar-refractivity contribution is 8.14. The van der Waals surface area contributed by atoms with Crippen molar-refractivity contribution >= 4 is 28.5 Å². The van der Waals surface area contributed by atoms with Gasteiger partial charge in [0.2, 0.25) is 0 Å². The third kappa shape index (κ3) is 3.37. The number of rotatable bonds is 3. The quantitative estimate of drug-likeness (QED) is 0.786. The fraction of sp³-hybridized carbons (Fsp3) is 0.158. The molecule has 23 heavy (non-hydrogen) atoms. The Bertz CT molecular complexity index is 740. The summed E-state index contributed by atoms with van der Waals surface area (Å²) in [5.74, 6) is 0.765. The standard InChI is InChI=1S/C19H18N2OS/c1-14(2)17-13-23-19(20-17)21(16-11-7-4-8-12-16)18(22)15-9-5-3-6-10-15/h3-12,17H,1,13H2,2H3/t17-/m1/s1. The zero-order valence-electron chi connectivity index (χ0n) is 13.0. The van der Waals surface area contributed by atoms with Gasteiger partial charge < -0.3 is 0 Å². The van der Waals surface area contributed by atoms with Gasteiger partial charge in [-0.05, 0) is 31.2 Å². The van der Waals surface area contributed by atoms with E-state index in [4.69, 9.17) is 4.99 Å². The zero-order chi connectivity index (χ0) is 16.2. The summed E-state index contributed by atoms with van der Waals surface area (Å²) >= 11 is 1.60. The Hall–Kier alpha value is -2.33. The number of carbonyl (C=O) groups excluding carboxylic acids is 1. The van der Waals surface area contributed by atoms with Crippen molar-refractivity contribution in [3.8, 4) is 0 Å². The van der Waals surface area contributed by atoms with Gasteiger partial charge >= 0.3 is 0 Å². The highest BCUT2D eigenvalue weighted by Gasteiger charge is 2.29. The van der Waals surface area contributed by atoms with Gasteiger partial charge in [-0.2, -0.15) is 0 Å². The first kappa shape index (κ1) is 15.6. The number of hydrogen-bond acceptors (Lipinski definition) is 3. The van der Waals surface area contributed by atoms with Crippen LogP contribution in [0.1, 0.15) is 17.3 Å². The fourth-order valence-corrected chi connectivity index (χ4v) is 3.52. The summed E-state index contributed by atoms with van der Waals surface area (Å²) in [5, 5.41) is 0.734. The van der Waals surface area contributed by atoms with Crippen LogP contribution in [-0.4, -0.2) is 22.9 Å². The highest BCUT2D eigenvalue weighted by atomic mass is 32.2. The molecule has 0 saturated heterocycles. The largest absolute Gasteiger partial charge is 0.268 e. The van der Waals surface area contributed by atoms with Crippen molar-refractivity contribution in [3.05, 3.63) is 78.4 Å². The van der Waals surface area contributed by atoms with Crippen LogP contribution in [0.3, 0.4) is 0 Å². The Morgan fingerprint density at radius 2 is 1.74 bits per heavy atom. The summed E-state index contributed by atoms with van der Waals surface area (Å²) in [6.45, 7) is 5.96. The third-order valence-corrected chi connectivity index (χ3v) is 4.66. The van der Waals surface area contributed by atoms with Gasteiger partial charge in [0.1, 0.15) is 0 Å². The van der Waals surface area contributed by atoms with Crippen LogP contribution in [0.5, 0.6) is 0 Å². The molecule has 0 unspecified atom stereocenters. The molecule has 116 valence electrons. The number of amidine groups is 1. The number of nitrogens with zero attached hydrogens (tertiary/aromatic N) is 2. The van der Waals surface area contributed by atoms with Gasteiger partial charge in [-0.25, -0.2) is 0 Å². The van der Waals surface area contributed by atoms with E-state index >= 15 is 0 Å². The average molecular weight is 322 g/mol. The minimum atomic E-state index is -0.0644. The molecule has 4 heteroatoms. The first-order chi connectivity index (χ1) is 11.2. The molecule has 1 amide bonds. The lowest BCUT2D eigenvalue weighted by atomic mass is 10.2. The molecule has 0 spiro atoms. The Labute approximate surface area is 140 Å². The number of benzene rings is 2. The second kappa shape index (κ2) is 6.84. The Balaban J connectivity index is 2.00. The number of carbonyl (C=O) groups is 1. The molecule has 0 saturated carbocycles. The molecule has 1 heterocycles. The van der Waals surface area contributed by atoms with Crippen LogP contribution in [0.15, 0.2) is 77.8 Å². The summed E-state index contributed by atoms with van der Waals surface area (Å²) in [5.41, 5.74) is 2.50. The monoisotopic (exact) mass is 322 g/mol. The smallest absolute Gasteiger partial charge is 0.264 e. The first-order valence-corrected chi connectivity index (χ1v) is 8.46. The van der Waals surface area contributed by atoms with Gasteiger partial charge in [0.25, 0.3) is 5.91 Å². The van der Waals surface area contributed by atoms with E-state index in [-0.39, 0.29) is 11.9 Å². The topological polar surface area (TPSA) is 32.7 Å². The van der Waals surface area contributed by atoms with Gasteiger partial charge in [-0.1, -0.05) is 60.3 Å². The molecule has 0 radical (unpaired) electrons. The average Bonchev–Trinajstić information content (AvgIpc) is 3.07. The van der Waals surface area contributed by atoms with E-state index in [9.17, 15) is 4.79 Å². The molecule has 3 nitrogen and oxygen atoms in total. The number of anilines is 1. The molecule has 2 aromatic carbocycles. The maximum atomic E-state index is 13.0. The van der Waals surface area contributed by atoms with E-state index in [1.54, 1.807) is 16.7 Å². The molecule has 1 atom stereocenters. The van der Waals surface area contributed by atoms with Crippen molar-refractivity contribution in [2.45, 2.75) is 13.0 Å². The summed E-state index contributed by atoms with van der Waals surface area (Å²) in [7, 11) is 0. The maximum Gasteiger partial charge on any atom is 0.264 e. The van der Waals surface area contributed by atoms with Crippen molar-refractivity contribution in [1.29, 1.82) is 0 Å². The summed E-state index contributed by atoms with van der Waals surface area (Å²) in [6.07, 6.45) is 0. The van der Waals surface area contributed by atoms with Crippen molar-refractivity contribution in [2.24, 2.45) is 4.99 Å². The van der Waals surface area contributed by atoms with E-state index in [0.717, 1.165) is 22.2 Å². The van der Waals surface area contributed by atoms with Gasteiger partial charge in [0, 0.05) is 11.3 Å². The van der Waals surface area contributed by atoms with Gasteiger partial charge in [-0.3, -0.25) is 14.7 Å². The molecule has 2 aromatic rings. The summed E-state index contributed by atoms with van der Waals surface area (Å²) in [4.78, 5) is 19.4. The molecule has 1 aliphatic rings. The number of aliphatic imine (C=N–C) groups is 1. The summed E-state index contributed by atoms with van der Waals surface area (Å²) in [6, 6.07) is 19.0. The van der Waals surface area contributed by atoms with Gasteiger partial charge in [0.15, 0.2) is 5.17 Å². The molecule has 0 aliphatic carbocycles. The van der Waals surface area contributed by atoms with Crippen molar-refractivity contribution < 1.29 is 4.79 Å². The number of amides is 1. The molecule has 0 aromatic heterocycles. The lowest BCUT2D eigenvalue weighted by molar-refractivity contribution is 0.100. The van der Waals surface area contributed by atoms with E-state index < -0.39 is 0 Å². The van der Waals surface area contributed by atoms with Crippen LogP contribution < -0.4 is 4.90 Å². The lowest BCUT2D eigenvalue weighted by Gasteiger charge is -2.22. The van der Waals surface area contributed by atoms with Crippen LogP contribution in [0.25, 0.3) is 0 Å². The molecule has 0 bridgehead atoms. The number of hydrogen-bond donors (Lipinski definition) is 0. The van der Waals surface area contributed by atoms with Gasteiger partial charge in [0.05, 0.1) is 11.7 Å². The Kier molecular flexibility index (Phi) is 4.63. The third-order valence-electron chi connectivity index (χ3n) is 3.63. The second-order valence-corrected chi connectivity index (χ2v) is 6.41. The van der Waals surface area contributed by atoms with Crippen LogP contribution in [0.4, 0.5) is 5.69 Å². The van der Waals surface area contributed by atoms with Crippen molar-refractivity contribution in [3.63, 3.8) is 0 Å². The van der Waals surface area contributed by atoms with Crippen molar-refractivity contribution in [1.82, 2.24) is 0 Å².